The number of ether oxygens (including phenoxy) is 1. The second kappa shape index (κ2) is 4.62. The summed E-state index contributed by atoms with van der Waals surface area (Å²) >= 11 is 7.71. The fourth-order valence-electron chi connectivity index (χ4n) is 1.83. The van der Waals surface area contributed by atoms with Crippen LogP contribution in [0.25, 0.3) is 0 Å². The van der Waals surface area contributed by atoms with E-state index in [0.29, 0.717) is 5.92 Å². The summed E-state index contributed by atoms with van der Waals surface area (Å²) in [7, 11) is 0. The first-order chi connectivity index (χ1) is 6.79. The van der Waals surface area contributed by atoms with Crippen molar-refractivity contribution in [2.75, 3.05) is 13.2 Å². The van der Waals surface area contributed by atoms with Gasteiger partial charge in [-0.2, -0.15) is 0 Å². The maximum Gasteiger partial charge on any atom is 0.0561 e. The van der Waals surface area contributed by atoms with Crippen LogP contribution in [0.4, 0.5) is 0 Å². The Hall–Kier alpha value is -0.0900. The van der Waals surface area contributed by atoms with E-state index in [0.717, 1.165) is 36.0 Å². The molecule has 0 aromatic carbocycles. The van der Waals surface area contributed by atoms with Crippen molar-refractivity contribution < 1.29 is 4.74 Å². The van der Waals surface area contributed by atoms with Crippen molar-refractivity contribution in [1.29, 1.82) is 0 Å². The molecule has 0 bridgehead atoms. The van der Waals surface area contributed by atoms with Crippen LogP contribution < -0.4 is 5.73 Å². The first-order valence-electron chi connectivity index (χ1n) is 4.85. The fourth-order valence-corrected chi connectivity index (χ4v) is 3.11. The van der Waals surface area contributed by atoms with Gasteiger partial charge in [-0.1, -0.05) is 11.6 Å². The maximum absolute atomic E-state index is 6.19. The molecule has 0 saturated carbocycles. The Morgan fingerprint density at radius 2 is 2.21 bits per heavy atom. The van der Waals surface area contributed by atoms with Crippen molar-refractivity contribution >= 4 is 22.9 Å². The molecule has 1 fully saturated rings. The fraction of sp³-hybridized carbons (Fsp3) is 0.600. The number of halogens is 1. The summed E-state index contributed by atoms with van der Waals surface area (Å²) in [5.41, 5.74) is 6.19. The van der Waals surface area contributed by atoms with Crippen LogP contribution in [0.15, 0.2) is 11.4 Å². The highest BCUT2D eigenvalue weighted by atomic mass is 35.5. The summed E-state index contributed by atoms with van der Waals surface area (Å²) in [6.45, 7) is 1.67. The van der Waals surface area contributed by atoms with E-state index in [1.807, 2.05) is 11.4 Å². The Morgan fingerprint density at radius 1 is 1.50 bits per heavy atom. The molecule has 0 aliphatic carbocycles. The smallest absolute Gasteiger partial charge is 0.0561 e. The molecule has 2 N–H and O–H groups in total. The van der Waals surface area contributed by atoms with Gasteiger partial charge < -0.3 is 10.5 Å². The zero-order chi connectivity index (χ0) is 9.97. The Labute approximate surface area is 93.0 Å². The summed E-state index contributed by atoms with van der Waals surface area (Å²) < 4.78 is 5.31. The van der Waals surface area contributed by atoms with Gasteiger partial charge >= 0.3 is 0 Å². The molecule has 0 radical (unpaired) electrons. The van der Waals surface area contributed by atoms with Gasteiger partial charge in [-0.15, -0.1) is 11.3 Å². The molecule has 1 aromatic rings. The third kappa shape index (κ3) is 2.11. The highest BCUT2D eigenvalue weighted by molar-refractivity contribution is 7.10. The first kappa shape index (κ1) is 10.4. The molecule has 1 aromatic heterocycles. The summed E-state index contributed by atoms with van der Waals surface area (Å²) in [5.74, 6) is 0.528. The van der Waals surface area contributed by atoms with E-state index >= 15 is 0 Å². The molecule has 2 rings (SSSR count). The van der Waals surface area contributed by atoms with Crippen LogP contribution in [0.3, 0.4) is 0 Å². The van der Waals surface area contributed by atoms with Gasteiger partial charge in [-0.25, -0.2) is 0 Å². The monoisotopic (exact) mass is 231 g/mol. The van der Waals surface area contributed by atoms with Crippen molar-refractivity contribution in [3.8, 4) is 0 Å². The SMILES string of the molecule is N[C@H](c1sccc1Cl)C1CCOCC1. The van der Waals surface area contributed by atoms with Crippen LogP contribution in [0.5, 0.6) is 0 Å². The molecule has 0 unspecified atom stereocenters. The predicted octanol–water partition coefficient (Wildman–Crippen LogP) is 2.83. The largest absolute Gasteiger partial charge is 0.381 e. The second-order valence-corrected chi connectivity index (χ2v) is 4.96. The van der Waals surface area contributed by atoms with Crippen LogP contribution in [-0.2, 0) is 4.74 Å². The molecule has 0 spiro atoms. The van der Waals surface area contributed by atoms with Gasteiger partial charge in [0.05, 0.1) is 5.02 Å². The summed E-state index contributed by atoms with van der Waals surface area (Å²) in [6.07, 6.45) is 2.10. The molecule has 1 saturated heterocycles. The van der Waals surface area contributed by atoms with Crippen molar-refractivity contribution in [3.05, 3.63) is 21.3 Å². The van der Waals surface area contributed by atoms with Crippen LogP contribution in [-0.4, -0.2) is 13.2 Å². The minimum Gasteiger partial charge on any atom is -0.381 e. The van der Waals surface area contributed by atoms with E-state index < -0.39 is 0 Å². The second-order valence-electron chi connectivity index (χ2n) is 3.61. The number of hydrogen-bond donors (Lipinski definition) is 1. The maximum atomic E-state index is 6.19. The van der Waals surface area contributed by atoms with E-state index in [2.05, 4.69) is 0 Å². The molecular weight excluding hydrogens is 218 g/mol. The third-order valence-corrected chi connectivity index (χ3v) is 4.18. The summed E-state index contributed by atoms with van der Waals surface area (Å²) in [5, 5.41) is 2.81. The number of nitrogens with two attached hydrogens (primary N) is 1. The van der Waals surface area contributed by atoms with Gasteiger partial charge in [0.15, 0.2) is 0 Å². The normalized spacial score (nSPS) is 21.0. The Bertz CT molecular complexity index is 296. The molecule has 1 atom stereocenters. The number of rotatable bonds is 2. The van der Waals surface area contributed by atoms with E-state index in [4.69, 9.17) is 22.1 Å². The van der Waals surface area contributed by atoms with Crippen LogP contribution in [0.1, 0.15) is 23.8 Å². The molecule has 2 nitrogen and oxygen atoms in total. The molecule has 2 heterocycles. The average Bonchev–Trinajstić information content (AvgIpc) is 2.65. The van der Waals surface area contributed by atoms with Crippen molar-refractivity contribution in [1.82, 2.24) is 0 Å². The van der Waals surface area contributed by atoms with Gasteiger partial charge in [0.2, 0.25) is 0 Å². The molecule has 4 heteroatoms. The highest BCUT2D eigenvalue weighted by Crippen LogP contribution is 2.35. The van der Waals surface area contributed by atoms with Gasteiger partial charge in [-0.3, -0.25) is 0 Å². The Morgan fingerprint density at radius 3 is 2.79 bits per heavy atom. The van der Waals surface area contributed by atoms with Gasteiger partial charge in [0, 0.05) is 24.1 Å². The van der Waals surface area contributed by atoms with E-state index in [9.17, 15) is 0 Å². The highest BCUT2D eigenvalue weighted by Gasteiger charge is 2.24. The zero-order valence-electron chi connectivity index (χ0n) is 7.91. The van der Waals surface area contributed by atoms with Gasteiger partial charge in [-0.05, 0) is 30.2 Å². The van der Waals surface area contributed by atoms with Gasteiger partial charge in [0.25, 0.3) is 0 Å². The molecule has 14 heavy (non-hydrogen) atoms. The lowest BCUT2D eigenvalue weighted by molar-refractivity contribution is 0.0587. The topological polar surface area (TPSA) is 35.2 Å². The summed E-state index contributed by atoms with van der Waals surface area (Å²) in [6, 6.07) is 2.01. The molecular formula is C10H14ClNOS. The van der Waals surface area contributed by atoms with E-state index in [1.54, 1.807) is 11.3 Å². The van der Waals surface area contributed by atoms with Crippen molar-refractivity contribution in [2.45, 2.75) is 18.9 Å². The molecule has 0 amide bonds. The number of hydrogen-bond acceptors (Lipinski definition) is 3. The lowest BCUT2D eigenvalue weighted by Gasteiger charge is -2.27. The molecule has 78 valence electrons. The lowest BCUT2D eigenvalue weighted by atomic mass is 9.91. The Kier molecular flexibility index (Phi) is 3.44. The lowest BCUT2D eigenvalue weighted by Crippen LogP contribution is -2.26. The van der Waals surface area contributed by atoms with E-state index in [1.165, 1.54) is 0 Å². The molecule has 1 aliphatic rings. The van der Waals surface area contributed by atoms with Gasteiger partial charge in [0.1, 0.15) is 0 Å². The first-order valence-corrected chi connectivity index (χ1v) is 6.11. The quantitative estimate of drug-likeness (QED) is 0.850. The van der Waals surface area contributed by atoms with Crippen LogP contribution in [0.2, 0.25) is 5.02 Å². The average molecular weight is 232 g/mol. The van der Waals surface area contributed by atoms with E-state index in [-0.39, 0.29) is 6.04 Å². The minimum absolute atomic E-state index is 0.0893. The van der Waals surface area contributed by atoms with Crippen LogP contribution in [0, 0.1) is 5.92 Å². The van der Waals surface area contributed by atoms with Crippen molar-refractivity contribution in [3.63, 3.8) is 0 Å². The minimum atomic E-state index is 0.0893. The molecule has 1 aliphatic heterocycles. The summed E-state index contributed by atoms with van der Waals surface area (Å²) in [4.78, 5) is 1.12. The van der Waals surface area contributed by atoms with Crippen LogP contribution >= 0.6 is 22.9 Å². The third-order valence-electron chi connectivity index (χ3n) is 2.72. The zero-order valence-corrected chi connectivity index (χ0v) is 9.48. The van der Waals surface area contributed by atoms with Crippen molar-refractivity contribution in [2.24, 2.45) is 11.7 Å². The standard InChI is InChI=1S/C10H14ClNOS/c11-8-3-6-14-10(8)9(12)7-1-4-13-5-2-7/h3,6-7,9H,1-2,4-5,12H2/t9-/m0/s1. The Balaban J connectivity index is 2.07. The predicted molar refractivity (Wildman–Crippen MR) is 59.8 cm³/mol. The number of thiophene rings is 1.